The molecule has 0 atom stereocenters. The summed E-state index contributed by atoms with van der Waals surface area (Å²) < 4.78 is 50.4. The molecule has 10 nitrogen and oxygen atoms in total. The van der Waals surface area contributed by atoms with Gasteiger partial charge in [-0.15, -0.1) is 0 Å². The fourth-order valence-electron chi connectivity index (χ4n) is 2.35. The number of hydrazine groups is 1. The molecule has 0 aromatic heterocycles. The van der Waals surface area contributed by atoms with Gasteiger partial charge < -0.3 is 0 Å². The molecule has 0 spiro atoms. The van der Waals surface area contributed by atoms with Crippen LogP contribution in [0.3, 0.4) is 0 Å². The minimum absolute atomic E-state index is 0.0174. The van der Waals surface area contributed by atoms with Crippen molar-refractivity contribution in [2.75, 3.05) is 12.5 Å². The predicted molar refractivity (Wildman–Crippen MR) is 105 cm³/mol. The first-order valence-corrected chi connectivity index (χ1v) is 11.5. The van der Waals surface area contributed by atoms with E-state index in [1.165, 1.54) is 55.6 Å². The largest absolute Gasteiger partial charge is 0.298 e. The molecule has 0 saturated heterocycles. The van der Waals surface area contributed by atoms with Crippen molar-refractivity contribution < 1.29 is 26.5 Å². The highest BCUT2D eigenvalue weighted by Crippen LogP contribution is 2.22. The summed E-state index contributed by atoms with van der Waals surface area (Å²) >= 11 is 0. The van der Waals surface area contributed by atoms with E-state index in [1.807, 2.05) is 4.89 Å². The molecule has 1 fully saturated rings. The molecular formula is C17H20N4O6S2. The van der Waals surface area contributed by atoms with Crippen molar-refractivity contribution in [1.29, 1.82) is 0 Å². The van der Waals surface area contributed by atoms with Gasteiger partial charge in [0, 0.05) is 11.6 Å². The topological polar surface area (TPSA) is 143 Å². The van der Waals surface area contributed by atoms with Gasteiger partial charge in [-0.1, -0.05) is 4.89 Å². The van der Waals surface area contributed by atoms with E-state index < -0.39 is 26.0 Å². The van der Waals surface area contributed by atoms with Crippen molar-refractivity contribution in [3.63, 3.8) is 0 Å². The summed E-state index contributed by atoms with van der Waals surface area (Å²) in [7, 11) is -6.16. The predicted octanol–water partition coefficient (Wildman–Crippen LogP) is 0.724. The van der Waals surface area contributed by atoms with E-state index in [0.717, 1.165) is 12.8 Å². The summed E-state index contributed by atoms with van der Waals surface area (Å²) in [6.07, 6.45) is 1.70. The summed E-state index contributed by atoms with van der Waals surface area (Å²) in [5.74, 6) is -0.499. The molecule has 2 aromatic rings. The van der Waals surface area contributed by atoms with E-state index in [-0.39, 0.29) is 21.4 Å². The third-order valence-electron chi connectivity index (χ3n) is 4.00. The van der Waals surface area contributed by atoms with Crippen LogP contribution < -0.4 is 20.5 Å². The molecule has 156 valence electrons. The van der Waals surface area contributed by atoms with Crippen LogP contribution in [0.15, 0.2) is 58.3 Å². The zero-order valence-electron chi connectivity index (χ0n) is 15.4. The summed E-state index contributed by atoms with van der Waals surface area (Å²) in [6, 6.07) is 11.2. The molecule has 1 aliphatic rings. The standard InChI is InChI=1S/C17H20N4O6S2/c1-27-21-29(25,26)16-8-2-12(3-9-16)17(22)19-18-13-6-10-15(11-7-13)28(23,24)20-14-4-5-14/h2-3,6-11,14,18,20-21H,4-5H2,1H3,(H,19,22). The van der Waals surface area contributed by atoms with Gasteiger partial charge in [-0.2, -0.15) is 0 Å². The van der Waals surface area contributed by atoms with Gasteiger partial charge in [-0.25, -0.2) is 21.6 Å². The number of nitrogens with one attached hydrogen (secondary N) is 4. The van der Waals surface area contributed by atoms with Crippen molar-refractivity contribution in [3.05, 3.63) is 54.1 Å². The maximum absolute atomic E-state index is 12.2. The normalized spacial score (nSPS) is 14.4. The van der Waals surface area contributed by atoms with Crippen LogP contribution in [0.2, 0.25) is 0 Å². The Labute approximate surface area is 168 Å². The van der Waals surface area contributed by atoms with E-state index in [4.69, 9.17) is 0 Å². The number of carbonyl (C=O) groups excluding carboxylic acids is 1. The quantitative estimate of drug-likeness (QED) is 0.421. The number of hydrogen-bond donors (Lipinski definition) is 4. The number of sulfonamides is 2. The zero-order chi connectivity index (χ0) is 21.1. The SMILES string of the molecule is CONS(=O)(=O)c1ccc(C(=O)NNc2ccc(S(=O)(=O)NC3CC3)cc2)cc1. The Morgan fingerprint density at radius 2 is 1.45 bits per heavy atom. The first kappa shape index (κ1) is 21.2. The van der Waals surface area contributed by atoms with Gasteiger partial charge in [0.25, 0.3) is 15.9 Å². The van der Waals surface area contributed by atoms with Gasteiger partial charge in [0.05, 0.1) is 22.6 Å². The molecule has 0 aliphatic heterocycles. The number of rotatable bonds is 9. The third-order valence-corrected chi connectivity index (χ3v) is 6.82. The highest BCUT2D eigenvalue weighted by atomic mass is 32.2. The Morgan fingerprint density at radius 3 is 2.00 bits per heavy atom. The average molecular weight is 441 g/mol. The second-order valence-electron chi connectivity index (χ2n) is 6.31. The Bertz CT molecular complexity index is 1080. The van der Waals surface area contributed by atoms with Crippen molar-refractivity contribution in [1.82, 2.24) is 15.0 Å². The fraction of sp³-hybridized carbons (Fsp3) is 0.235. The van der Waals surface area contributed by atoms with Crippen LogP contribution in [-0.4, -0.2) is 35.9 Å². The molecule has 2 aromatic carbocycles. The highest BCUT2D eigenvalue weighted by Gasteiger charge is 2.27. The van der Waals surface area contributed by atoms with Gasteiger partial charge >= 0.3 is 0 Å². The molecule has 0 unspecified atom stereocenters. The van der Waals surface area contributed by atoms with Crippen LogP contribution in [0.5, 0.6) is 0 Å². The summed E-state index contributed by atoms with van der Waals surface area (Å²) in [5, 5.41) is 0. The van der Waals surface area contributed by atoms with Gasteiger partial charge in [0.15, 0.2) is 0 Å². The Morgan fingerprint density at radius 1 is 0.897 bits per heavy atom. The van der Waals surface area contributed by atoms with Crippen molar-refractivity contribution in [2.24, 2.45) is 0 Å². The first-order chi connectivity index (χ1) is 13.7. The molecule has 4 N–H and O–H groups in total. The molecule has 3 rings (SSSR count). The monoisotopic (exact) mass is 440 g/mol. The van der Waals surface area contributed by atoms with Crippen molar-refractivity contribution in [3.8, 4) is 0 Å². The van der Waals surface area contributed by atoms with E-state index in [2.05, 4.69) is 20.4 Å². The third kappa shape index (κ3) is 5.52. The maximum atomic E-state index is 12.2. The zero-order valence-corrected chi connectivity index (χ0v) is 17.0. The molecule has 0 heterocycles. The number of carbonyl (C=O) groups is 1. The van der Waals surface area contributed by atoms with E-state index in [9.17, 15) is 21.6 Å². The minimum Gasteiger partial charge on any atom is -0.298 e. The Balaban J connectivity index is 1.59. The van der Waals surface area contributed by atoms with Gasteiger partial charge in [-0.05, 0) is 61.4 Å². The average Bonchev–Trinajstić information content (AvgIpc) is 3.50. The minimum atomic E-state index is -3.80. The van der Waals surface area contributed by atoms with Crippen LogP contribution in [0.4, 0.5) is 5.69 Å². The fourth-order valence-corrected chi connectivity index (χ4v) is 4.47. The van der Waals surface area contributed by atoms with Crippen LogP contribution >= 0.6 is 0 Å². The second kappa shape index (κ2) is 8.47. The first-order valence-electron chi connectivity index (χ1n) is 8.55. The second-order valence-corrected chi connectivity index (χ2v) is 9.67. The smallest absolute Gasteiger partial charge is 0.269 e. The van der Waals surface area contributed by atoms with Crippen LogP contribution in [0.25, 0.3) is 0 Å². The van der Waals surface area contributed by atoms with Crippen LogP contribution in [0, 0.1) is 0 Å². The van der Waals surface area contributed by atoms with Crippen molar-refractivity contribution in [2.45, 2.75) is 28.7 Å². The molecule has 1 amide bonds. The van der Waals surface area contributed by atoms with Gasteiger partial charge in [0.2, 0.25) is 10.0 Å². The van der Waals surface area contributed by atoms with E-state index >= 15 is 0 Å². The van der Waals surface area contributed by atoms with Gasteiger partial charge in [-0.3, -0.25) is 20.5 Å². The lowest BCUT2D eigenvalue weighted by Crippen LogP contribution is -2.29. The number of benzene rings is 2. The van der Waals surface area contributed by atoms with Gasteiger partial charge in [0.1, 0.15) is 0 Å². The summed E-state index contributed by atoms with van der Waals surface area (Å²) in [5.41, 5.74) is 5.83. The summed E-state index contributed by atoms with van der Waals surface area (Å²) in [4.78, 5) is 18.6. The maximum Gasteiger partial charge on any atom is 0.269 e. The lowest BCUT2D eigenvalue weighted by molar-refractivity contribution is 0.0962. The Hall–Kier alpha value is -2.51. The lowest BCUT2D eigenvalue weighted by atomic mass is 10.2. The molecule has 0 bridgehead atoms. The molecule has 12 heteroatoms. The van der Waals surface area contributed by atoms with Crippen LogP contribution in [0.1, 0.15) is 23.2 Å². The molecule has 29 heavy (non-hydrogen) atoms. The van der Waals surface area contributed by atoms with E-state index in [1.54, 1.807) is 0 Å². The lowest BCUT2D eigenvalue weighted by Gasteiger charge is -2.10. The number of amides is 1. The van der Waals surface area contributed by atoms with Crippen molar-refractivity contribution >= 4 is 31.6 Å². The Kier molecular flexibility index (Phi) is 6.19. The molecule has 0 radical (unpaired) electrons. The van der Waals surface area contributed by atoms with E-state index in [0.29, 0.717) is 5.69 Å². The molecule has 1 saturated carbocycles. The van der Waals surface area contributed by atoms with Crippen LogP contribution in [-0.2, 0) is 24.9 Å². The molecule has 1 aliphatic carbocycles. The molecular weight excluding hydrogens is 420 g/mol. The number of hydrogen-bond acceptors (Lipinski definition) is 7. The number of anilines is 1. The highest BCUT2D eigenvalue weighted by molar-refractivity contribution is 7.89. The summed E-state index contributed by atoms with van der Waals surface area (Å²) in [6.45, 7) is 0.